The molecule has 1 N–H and O–H groups in total. The Labute approximate surface area is 126 Å². The van der Waals surface area contributed by atoms with Crippen molar-refractivity contribution in [2.45, 2.75) is 32.9 Å². The molecule has 20 heavy (non-hydrogen) atoms. The van der Waals surface area contributed by atoms with Crippen LogP contribution in [0.5, 0.6) is 0 Å². The Morgan fingerprint density at radius 3 is 2.65 bits per heavy atom. The summed E-state index contributed by atoms with van der Waals surface area (Å²) in [6.45, 7) is 8.48. The van der Waals surface area contributed by atoms with Crippen LogP contribution in [-0.2, 0) is 16.0 Å². The molecule has 0 aliphatic carbocycles. The van der Waals surface area contributed by atoms with E-state index in [-0.39, 0.29) is 0 Å². The minimum absolute atomic E-state index is 0.492. The molecule has 5 nitrogen and oxygen atoms in total. The minimum Gasteiger partial charge on any atom is -0.385 e. The van der Waals surface area contributed by atoms with Crippen LogP contribution in [0.2, 0.25) is 0 Å². The van der Waals surface area contributed by atoms with Crippen molar-refractivity contribution in [2.24, 2.45) is 0 Å². The van der Waals surface area contributed by atoms with Crippen molar-refractivity contribution >= 4 is 16.5 Å². The molecular formula is C14H27N3O2S. The third kappa shape index (κ3) is 6.65. The van der Waals surface area contributed by atoms with E-state index in [1.165, 1.54) is 4.88 Å². The van der Waals surface area contributed by atoms with Gasteiger partial charge in [0.05, 0.1) is 6.61 Å². The molecule has 0 bridgehead atoms. The summed E-state index contributed by atoms with van der Waals surface area (Å²) >= 11 is 1.75. The Kier molecular flexibility index (Phi) is 8.77. The maximum atomic E-state index is 5.18. The summed E-state index contributed by atoms with van der Waals surface area (Å²) in [6.07, 6.45) is 2.96. The topological polar surface area (TPSA) is 46.6 Å². The number of nitrogens with zero attached hydrogens (tertiary/aromatic N) is 2. The van der Waals surface area contributed by atoms with E-state index in [0.29, 0.717) is 12.6 Å². The SMILES string of the molecule is COCCCN(CCOC)c1ncc(CNC(C)C)s1. The largest absolute Gasteiger partial charge is 0.385 e. The van der Waals surface area contributed by atoms with Gasteiger partial charge in [-0.15, -0.1) is 11.3 Å². The van der Waals surface area contributed by atoms with Crippen molar-refractivity contribution in [1.82, 2.24) is 10.3 Å². The van der Waals surface area contributed by atoms with Gasteiger partial charge in [0.25, 0.3) is 0 Å². The Bertz CT molecular complexity index is 358. The Morgan fingerprint density at radius 1 is 1.25 bits per heavy atom. The van der Waals surface area contributed by atoms with Crippen molar-refractivity contribution in [2.75, 3.05) is 45.4 Å². The zero-order chi connectivity index (χ0) is 14.8. The van der Waals surface area contributed by atoms with E-state index < -0.39 is 0 Å². The number of hydrogen-bond acceptors (Lipinski definition) is 6. The first kappa shape index (κ1) is 17.4. The van der Waals surface area contributed by atoms with Gasteiger partial charge in [0.2, 0.25) is 0 Å². The summed E-state index contributed by atoms with van der Waals surface area (Å²) in [4.78, 5) is 8.07. The fourth-order valence-electron chi connectivity index (χ4n) is 1.73. The van der Waals surface area contributed by atoms with E-state index in [9.17, 15) is 0 Å². The van der Waals surface area contributed by atoms with E-state index in [1.54, 1.807) is 25.6 Å². The molecule has 0 amide bonds. The lowest BCUT2D eigenvalue weighted by molar-refractivity contribution is 0.191. The molecule has 0 aliphatic heterocycles. The molecule has 6 heteroatoms. The smallest absolute Gasteiger partial charge is 0.185 e. The number of rotatable bonds is 11. The first-order valence-corrected chi connectivity index (χ1v) is 7.90. The molecule has 0 radical (unpaired) electrons. The molecule has 0 fully saturated rings. The molecule has 0 saturated heterocycles. The van der Waals surface area contributed by atoms with E-state index >= 15 is 0 Å². The van der Waals surface area contributed by atoms with Crippen LogP contribution >= 0.6 is 11.3 Å². The lowest BCUT2D eigenvalue weighted by Crippen LogP contribution is -2.28. The minimum atomic E-state index is 0.492. The Balaban J connectivity index is 2.55. The van der Waals surface area contributed by atoms with E-state index in [1.807, 2.05) is 6.20 Å². The predicted octanol–water partition coefficient (Wildman–Crippen LogP) is 2.13. The van der Waals surface area contributed by atoms with Gasteiger partial charge in [0.15, 0.2) is 5.13 Å². The van der Waals surface area contributed by atoms with E-state index in [4.69, 9.17) is 9.47 Å². The van der Waals surface area contributed by atoms with Gasteiger partial charge in [0, 0.05) is 57.6 Å². The molecule has 0 aliphatic rings. The average Bonchev–Trinajstić information content (AvgIpc) is 2.89. The molecule has 1 aromatic heterocycles. The lowest BCUT2D eigenvalue weighted by Gasteiger charge is -2.21. The van der Waals surface area contributed by atoms with Gasteiger partial charge in [0.1, 0.15) is 0 Å². The second kappa shape index (κ2) is 10.1. The molecule has 1 heterocycles. The fourth-order valence-corrected chi connectivity index (χ4v) is 2.65. The van der Waals surface area contributed by atoms with Crippen molar-refractivity contribution < 1.29 is 9.47 Å². The lowest BCUT2D eigenvalue weighted by atomic mass is 10.4. The molecule has 0 aromatic carbocycles. The molecule has 0 atom stereocenters. The third-order valence-electron chi connectivity index (χ3n) is 2.84. The monoisotopic (exact) mass is 301 g/mol. The highest BCUT2D eigenvalue weighted by Crippen LogP contribution is 2.22. The molecule has 1 rings (SSSR count). The quantitative estimate of drug-likeness (QED) is 0.635. The zero-order valence-electron chi connectivity index (χ0n) is 13.0. The van der Waals surface area contributed by atoms with Crippen LogP contribution in [0.15, 0.2) is 6.20 Å². The molecule has 0 spiro atoms. The fraction of sp³-hybridized carbons (Fsp3) is 0.786. The van der Waals surface area contributed by atoms with Crippen LogP contribution in [0, 0.1) is 0 Å². The molecule has 0 unspecified atom stereocenters. The predicted molar refractivity (Wildman–Crippen MR) is 84.7 cm³/mol. The van der Waals surface area contributed by atoms with Gasteiger partial charge >= 0.3 is 0 Å². The van der Waals surface area contributed by atoms with E-state index in [0.717, 1.165) is 37.8 Å². The van der Waals surface area contributed by atoms with E-state index in [2.05, 4.69) is 29.0 Å². The van der Waals surface area contributed by atoms with Crippen LogP contribution in [-0.4, -0.2) is 51.5 Å². The third-order valence-corrected chi connectivity index (χ3v) is 3.90. The summed E-state index contributed by atoms with van der Waals surface area (Å²) in [5.74, 6) is 0. The highest BCUT2D eigenvalue weighted by atomic mass is 32.1. The van der Waals surface area contributed by atoms with Crippen LogP contribution < -0.4 is 10.2 Å². The van der Waals surface area contributed by atoms with Crippen LogP contribution in [0.25, 0.3) is 0 Å². The first-order chi connectivity index (χ1) is 9.67. The summed E-state index contributed by atoms with van der Waals surface area (Å²) in [7, 11) is 3.46. The number of hydrogen-bond donors (Lipinski definition) is 1. The number of aromatic nitrogens is 1. The number of anilines is 1. The second-order valence-corrected chi connectivity index (χ2v) is 6.06. The van der Waals surface area contributed by atoms with Crippen molar-refractivity contribution in [3.8, 4) is 0 Å². The first-order valence-electron chi connectivity index (χ1n) is 7.08. The highest BCUT2D eigenvalue weighted by molar-refractivity contribution is 7.15. The van der Waals surface area contributed by atoms with Crippen LogP contribution in [0.3, 0.4) is 0 Å². The highest BCUT2D eigenvalue weighted by Gasteiger charge is 2.11. The van der Waals surface area contributed by atoms with Crippen molar-refractivity contribution in [3.63, 3.8) is 0 Å². The van der Waals surface area contributed by atoms with Gasteiger partial charge in [-0.3, -0.25) is 0 Å². The van der Waals surface area contributed by atoms with Gasteiger partial charge in [-0.1, -0.05) is 13.8 Å². The summed E-state index contributed by atoms with van der Waals surface area (Å²) in [6, 6.07) is 0.492. The van der Waals surface area contributed by atoms with Gasteiger partial charge in [-0.2, -0.15) is 0 Å². The van der Waals surface area contributed by atoms with Crippen LogP contribution in [0.4, 0.5) is 5.13 Å². The maximum absolute atomic E-state index is 5.18. The number of ether oxygens (including phenoxy) is 2. The number of nitrogens with one attached hydrogen (secondary N) is 1. The van der Waals surface area contributed by atoms with Gasteiger partial charge in [-0.05, 0) is 6.42 Å². The van der Waals surface area contributed by atoms with Gasteiger partial charge < -0.3 is 19.7 Å². The molecule has 116 valence electrons. The molecular weight excluding hydrogens is 274 g/mol. The summed E-state index contributed by atoms with van der Waals surface area (Å²) in [5, 5.41) is 4.48. The standard InChI is InChI=1S/C14H27N3O2S/c1-12(2)15-10-13-11-16-14(20-13)17(7-9-19-4)6-5-8-18-3/h11-12,15H,5-10H2,1-4H3. The Morgan fingerprint density at radius 2 is 2.00 bits per heavy atom. The number of thiazole rings is 1. The van der Waals surface area contributed by atoms with Crippen LogP contribution in [0.1, 0.15) is 25.1 Å². The van der Waals surface area contributed by atoms with Gasteiger partial charge in [-0.25, -0.2) is 4.98 Å². The normalized spacial score (nSPS) is 11.2. The average molecular weight is 301 g/mol. The number of methoxy groups -OCH3 is 2. The Hall–Kier alpha value is -0.690. The summed E-state index contributed by atoms with van der Waals surface area (Å²) in [5.41, 5.74) is 0. The molecule has 0 saturated carbocycles. The van der Waals surface area contributed by atoms with Crippen molar-refractivity contribution in [3.05, 3.63) is 11.1 Å². The maximum Gasteiger partial charge on any atom is 0.185 e. The van der Waals surface area contributed by atoms with Crippen molar-refractivity contribution in [1.29, 1.82) is 0 Å². The second-order valence-electron chi connectivity index (χ2n) is 4.97. The molecule has 1 aromatic rings. The summed E-state index contributed by atoms with van der Waals surface area (Å²) < 4.78 is 10.3. The zero-order valence-corrected chi connectivity index (χ0v) is 13.8.